The number of nitrogens with zero attached hydrogens (tertiary/aromatic N) is 2. The number of rotatable bonds is 3. The number of benzene rings is 1. The number of carbonyl (C=O) groups excluding carboxylic acids is 1. The number of urea groups is 1. The summed E-state index contributed by atoms with van der Waals surface area (Å²) in [6.07, 6.45) is 0. The molecule has 2 aromatic heterocycles. The summed E-state index contributed by atoms with van der Waals surface area (Å²) < 4.78 is 5.17. The number of aryl methyl sites for hydroxylation is 1. The summed E-state index contributed by atoms with van der Waals surface area (Å²) >= 11 is 1.39. The SMILES string of the molecule is Cc1csc(NC(=O)NCc2noc3ccccc23)n1. The number of amides is 2. The summed E-state index contributed by atoms with van der Waals surface area (Å²) in [6.45, 7) is 2.17. The second kappa shape index (κ2) is 5.30. The van der Waals surface area contributed by atoms with Crippen molar-refractivity contribution in [3.05, 3.63) is 41.0 Å². The zero-order valence-corrected chi connectivity index (χ0v) is 11.5. The Bertz CT molecular complexity index is 750. The Morgan fingerprint density at radius 1 is 1.40 bits per heavy atom. The number of thiazole rings is 1. The second-order valence-corrected chi connectivity index (χ2v) is 5.09. The number of aromatic nitrogens is 2. The summed E-state index contributed by atoms with van der Waals surface area (Å²) in [6, 6.07) is 7.21. The molecule has 0 aliphatic rings. The Kier molecular flexibility index (Phi) is 3.34. The van der Waals surface area contributed by atoms with Gasteiger partial charge in [0.05, 0.1) is 12.2 Å². The van der Waals surface area contributed by atoms with E-state index in [1.54, 1.807) is 0 Å². The predicted octanol–water partition coefficient (Wildman–Crippen LogP) is 2.91. The Labute approximate surface area is 118 Å². The highest BCUT2D eigenvalue weighted by atomic mass is 32.1. The van der Waals surface area contributed by atoms with Crippen molar-refractivity contribution in [2.75, 3.05) is 5.32 Å². The van der Waals surface area contributed by atoms with Crippen LogP contribution in [0.4, 0.5) is 9.93 Å². The number of para-hydroxylation sites is 1. The van der Waals surface area contributed by atoms with Gasteiger partial charge in [-0.25, -0.2) is 9.78 Å². The molecule has 2 N–H and O–H groups in total. The normalized spacial score (nSPS) is 10.7. The minimum absolute atomic E-state index is 0.299. The molecule has 0 radical (unpaired) electrons. The van der Waals surface area contributed by atoms with Gasteiger partial charge < -0.3 is 9.84 Å². The minimum Gasteiger partial charge on any atom is -0.356 e. The molecule has 6 nitrogen and oxygen atoms in total. The van der Waals surface area contributed by atoms with E-state index in [4.69, 9.17) is 4.52 Å². The lowest BCUT2D eigenvalue weighted by atomic mass is 10.2. The van der Waals surface area contributed by atoms with Gasteiger partial charge in [0, 0.05) is 10.8 Å². The number of anilines is 1. The van der Waals surface area contributed by atoms with Crippen molar-refractivity contribution in [2.45, 2.75) is 13.5 Å². The molecule has 3 rings (SSSR count). The number of fused-ring (bicyclic) bond motifs is 1. The first kappa shape index (κ1) is 12.6. The van der Waals surface area contributed by atoms with E-state index < -0.39 is 0 Å². The monoisotopic (exact) mass is 288 g/mol. The Balaban J connectivity index is 1.63. The minimum atomic E-state index is -0.313. The maximum Gasteiger partial charge on any atom is 0.321 e. The van der Waals surface area contributed by atoms with E-state index in [2.05, 4.69) is 20.8 Å². The Morgan fingerprint density at radius 2 is 2.25 bits per heavy atom. The molecule has 7 heteroatoms. The highest BCUT2D eigenvalue weighted by Gasteiger charge is 2.09. The van der Waals surface area contributed by atoms with Crippen LogP contribution in [0.1, 0.15) is 11.4 Å². The van der Waals surface area contributed by atoms with Crippen molar-refractivity contribution in [1.82, 2.24) is 15.5 Å². The molecule has 0 saturated heterocycles. The number of nitrogens with one attached hydrogen (secondary N) is 2. The molecular weight excluding hydrogens is 276 g/mol. The third-order valence-corrected chi connectivity index (χ3v) is 3.58. The lowest BCUT2D eigenvalue weighted by Gasteiger charge is -2.03. The van der Waals surface area contributed by atoms with Gasteiger partial charge in [-0.05, 0) is 19.1 Å². The predicted molar refractivity (Wildman–Crippen MR) is 76.7 cm³/mol. The van der Waals surface area contributed by atoms with Crippen molar-refractivity contribution in [3.8, 4) is 0 Å². The Hall–Kier alpha value is -2.41. The summed E-state index contributed by atoms with van der Waals surface area (Å²) in [7, 11) is 0. The molecule has 0 fully saturated rings. The van der Waals surface area contributed by atoms with Crippen LogP contribution in [0.3, 0.4) is 0 Å². The third kappa shape index (κ3) is 2.62. The molecule has 0 spiro atoms. The number of hydrogen-bond donors (Lipinski definition) is 2. The van der Waals surface area contributed by atoms with Crippen LogP contribution >= 0.6 is 11.3 Å². The van der Waals surface area contributed by atoms with Gasteiger partial charge in [-0.1, -0.05) is 17.3 Å². The van der Waals surface area contributed by atoms with E-state index in [0.29, 0.717) is 23.0 Å². The van der Waals surface area contributed by atoms with Crippen LogP contribution in [-0.2, 0) is 6.54 Å². The standard InChI is InChI=1S/C13H12N4O2S/c1-8-7-20-13(15-8)16-12(18)14-6-10-9-4-2-3-5-11(9)19-17-10/h2-5,7H,6H2,1H3,(H2,14,15,16,18). The molecule has 102 valence electrons. The molecule has 0 atom stereocenters. The third-order valence-electron chi connectivity index (χ3n) is 2.71. The van der Waals surface area contributed by atoms with Gasteiger partial charge in [-0.3, -0.25) is 5.32 Å². The van der Waals surface area contributed by atoms with E-state index in [0.717, 1.165) is 11.1 Å². The lowest BCUT2D eigenvalue weighted by molar-refractivity contribution is 0.251. The number of hydrogen-bond acceptors (Lipinski definition) is 5. The molecule has 0 saturated carbocycles. The summed E-state index contributed by atoms with van der Waals surface area (Å²) in [4.78, 5) is 15.9. The van der Waals surface area contributed by atoms with Crippen molar-refractivity contribution < 1.29 is 9.32 Å². The topological polar surface area (TPSA) is 80.0 Å². The Morgan fingerprint density at radius 3 is 3.05 bits per heavy atom. The molecule has 0 aliphatic carbocycles. The molecule has 2 amide bonds. The van der Waals surface area contributed by atoms with Crippen molar-refractivity contribution in [2.24, 2.45) is 0 Å². The van der Waals surface area contributed by atoms with E-state index in [-0.39, 0.29) is 6.03 Å². The first-order valence-electron chi connectivity index (χ1n) is 6.02. The fourth-order valence-electron chi connectivity index (χ4n) is 1.78. The summed E-state index contributed by atoms with van der Waals surface area (Å²) in [5.41, 5.74) is 2.29. The fourth-order valence-corrected chi connectivity index (χ4v) is 2.47. The molecular formula is C13H12N4O2S. The van der Waals surface area contributed by atoms with Crippen molar-refractivity contribution >= 4 is 33.5 Å². The first-order chi connectivity index (χ1) is 9.72. The quantitative estimate of drug-likeness (QED) is 0.776. The van der Waals surface area contributed by atoms with E-state index in [9.17, 15) is 4.79 Å². The molecule has 0 aliphatic heterocycles. The molecule has 1 aromatic carbocycles. The van der Waals surface area contributed by atoms with Crippen LogP contribution in [0.15, 0.2) is 34.2 Å². The maximum absolute atomic E-state index is 11.7. The van der Waals surface area contributed by atoms with Gasteiger partial charge in [0.1, 0.15) is 5.69 Å². The first-order valence-corrected chi connectivity index (χ1v) is 6.90. The highest BCUT2D eigenvalue weighted by Crippen LogP contribution is 2.17. The average Bonchev–Trinajstić information content (AvgIpc) is 3.03. The van der Waals surface area contributed by atoms with Gasteiger partial charge in [-0.15, -0.1) is 11.3 Å². The van der Waals surface area contributed by atoms with Crippen LogP contribution in [-0.4, -0.2) is 16.2 Å². The molecule has 0 bridgehead atoms. The van der Waals surface area contributed by atoms with Gasteiger partial charge in [0.15, 0.2) is 10.7 Å². The highest BCUT2D eigenvalue weighted by molar-refractivity contribution is 7.13. The molecule has 20 heavy (non-hydrogen) atoms. The fraction of sp³-hybridized carbons (Fsp3) is 0.154. The van der Waals surface area contributed by atoms with Crippen LogP contribution in [0.25, 0.3) is 11.0 Å². The van der Waals surface area contributed by atoms with Gasteiger partial charge in [0.25, 0.3) is 0 Å². The van der Waals surface area contributed by atoms with Gasteiger partial charge in [0.2, 0.25) is 0 Å². The maximum atomic E-state index is 11.7. The van der Waals surface area contributed by atoms with Gasteiger partial charge in [-0.2, -0.15) is 0 Å². The van der Waals surface area contributed by atoms with Crippen LogP contribution < -0.4 is 10.6 Å². The average molecular weight is 288 g/mol. The van der Waals surface area contributed by atoms with Gasteiger partial charge >= 0.3 is 6.03 Å². The second-order valence-electron chi connectivity index (χ2n) is 4.23. The van der Waals surface area contributed by atoms with E-state index >= 15 is 0 Å². The van der Waals surface area contributed by atoms with Crippen molar-refractivity contribution in [3.63, 3.8) is 0 Å². The zero-order chi connectivity index (χ0) is 13.9. The van der Waals surface area contributed by atoms with Crippen LogP contribution in [0, 0.1) is 6.92 Å². The lowest BCUT2D eigenvalue weighted by Crippen LogP contribution is -2.28. The van der Waals surface area contributed by atoms with E-state index in [1.165, 1.54) is 11.3 Å². The summed E-state index contributed by atoms with van der Waals surface area (Å²) in [5.74, 6) is 0. The van der Waals surface area contributed by atoms with Crippen LogP contribution in [0.2, 0.25) is 0 Å². The number of carbonyl (C=O) groups is 1. The smallest absolute Gasteiger partial charge is 0.321 e. The summed E-state index contributed by atoms with van der Waals surface area (Å²) in [5, 5.41) is 12.7. The molecule has 0 unspecified atom stereocenters. The zero-order valence-electron chi connectivity index (χ0n) is 10.7. The van der Waals surface area contributed by atoms with E-state index in [1.807, 2.05) is 36.6 Å². The van der Waals surface area contributed by atoms with Crippen molar-refractivity contribution in [1.29, 1.82) is 0 Å². The molecule has 2 heterocycles. The molecule has 3 aromatic rings. The van der Waals surface area contributed by atoms with Crippen LogP contribution in [0.5, 0.6) is 0 Å². The largest absolute Gasteiger partial charge is 0.356 e.